The molecule has 0 N–H and O–H groups in total. The highest BCUT2D eigenvalue weighted by Gasteiger charge is 2.18. The molecule has 148 valence electrons. The standard InChI is InChI=1S/C22H20N2O4S/c1-4-15-10-21(26)28-20-11-16(5-6-17(15)20)27-12-19(25)18-9-13(2)24(14(18)3)22-23-7-8-29-22/h5-11H,4,12H2,1-3H3. The zero-order valence-corrected chi connectivity index (χ0v) is 17.2. The highest BCUT2D eigenvalue weighted by Crippen LogP contribution is 2.25. The Balaban J connectivity index is 1.56. The number of ketones is 1. The minimum absolute atomic E-state index is 0.106. The van der Waals surface area contributed by atoms with Crippen molar-refractivity contribution < 1.29 is 13.9 Å². The first-order valence-electron chi connectivity index (χ1n) is 9.29. The highest BCUT2D eigenvalue weighted by molar-refractivity contribution is 7.12. The van der Waals surface area contributed by atoms with Gasteiger partial charge in [-0.15, -0.1) is 11.3 Å². The van der Waals surface area contributed by atoms with Crippen LogP contribution in [0.5, 0.6) is 5.75 Å². The lowest BCUT2D eigenvalue weighted by Gasteiger charge is -2.08. The molecule has 1 aromatic carbocycles. The van der Waals surface area contributed by atoms with Crippen LogP contribution in [0.3, 0.4) is 0 Å². The Morgan fingerprint density at radius 2 is 2.07 bits per heavy atom. The van der Waals surface area contributed by atoms with Gasteiger partial charge in [0.2, 0.25) is 5.78 Å². The lowest BCUT2D eigenvalue weighted by molar-refractivity contribution is 0.0921. The monoisotopic (exact) mass is 408 g/mol. The zero-order chi connectivity index (χ0) is 20.5. The van der Waals surface area contributed by atoms with Gasteiger partial charge in [-0.1, -0.05) is 6.92 Å². The van der Waals surface area contributed by atoms with E-state index in [1.807, 2.05) is 42.9 Å². The molecule has 0 atom stereocenters. The van der Waals surface area contributed by atoms with E-state index in [2.05, 4.69) is 4.98 Å². The summed E-state index contributed by atoms with van der Waals surface area (Å²) in [6.45, 7) is 5.73. The predicted octanol–water partition coefficient (Wildman–Crippen LogP) is 4.48. The van der Waals surface area contributed by atoms with Crippen molar-refractivity contribution in [2.24, 2.45) is 0 Å². The number of fused-ring (bicyclic) bond motifs is 1. The quantitative estimate of drug-likeness (QED) is 0.347. The molecule has 0 aliphatic carbocycles. The molecule has 7 heteroatoms. The van der Waals surface area contributed by atoms with Gasteiger partial charge in [-0.05, 0) is 44.0 Å². The Hall–Kier alpha value is -3.19. The summed E-state index contributed by atoms with van der Waals surface area (Å²) >= 11 is 1.52. The number of rotatable bonds is 6. The van der Waals surface area contributed by atoms with Crippen molar-refractivity contribution >= 4 is 28.1 Å². The van der Waals surface area contributed by atoms with Gasteiger partial charge in [0.05, 0.1) is 0 Å². The van der Waals surface area contributed by atoms with Crippen molar-refractivity contribution in [1.29, 1.82) is 0 Å². The summed E-state index contributed by atoms with van der Waals surface area (Å²) in [5, 5.41) is 3.61. The first kappa shape index (κ1) is 19.1. The molecule has 0 saturated carbocycles. The van der Waals surface area contributed by atoms with Crippen LogP contribution in [0.1, 0.15) is 34.2 Å². The van der Waals surface area contributed by atoms with Crippen molar-refractivity contribution in [3.05, 3.63) is 74.8 Å². The first-order valence-corrected chi connectivity index (χ1v) is 10.2. The molecular weight excluding hydrogens is 388 g/mol. The molecule has 0 bridgehead atoms. The summed E-state index contributed by atoms with van der Waals surface area (Å²) in [5.74, 6) is 0.362. The zero-order valence-electron chi connectivity index (χ0n) is 16.4. The summed E-state index contributed by atoms with van der Waals surface area (Å²) < 4.78 is 13.0. The Labute approximate surface area is 171 Å². The average molecular weight is 408 g/mol. The van der Waals surface area contributed by atoms with Crippen LogP contribution in [0.15, 0.2) is 51.1 Å². The van der Waals surface area contributed by atoms with E-state index in [9.17, 15) is 9.59 Å². The molecule has 0 spiro atoms. The number of benzene rings is 1. The van der Waals surface area contributed by atoms with Crippen LogP contribution in [0.2, 0.25) is 0 Å². The van der Waals surface area contributed by atoms with Crippen LogP contribution in [0, 0.1) is 13.8 Å². The van der Waals surface area contributed by atoms with E-state index in [0.717, 1.165) is 33.9 Å². The largest absolute Gasteiger partial charge is 0.485 e. The number of aromatic nitrogens is 2. The number of thiazole rings is 1. The Bertz CT molecular complexity index is 1250. The van der Waals surface area contributed by atoms with Gasteiger partial charge in [0, 0.05) is 46.0 Å². The lowest BCUT2D eigenvalue weighted by Crippen LogP contribution is -2.12. The van der Waals surface area contributed by atoms with E-state index in [1.165, 1.54) is 17.4 Å². The Morgan fingerprint density at radius 1 is 1.24 bits per heavy atom. The van der Waals surface area contributed by atoms with E-state index >= 15 is 0 Å². The van der Waals surface area contributed by atoms with Crippen molar-refractivity contribution in [2.75, 3.05) is 6.61 Å². The number of hydrogen-bond acceptors (Lipinski definition) is 6. The van der Waals surface area contributed by atoms with Crippen molar-refractivity contribution in [3.63, 3.8) is 0 Å². The lowest BCUT2D eigenvalue weighted by atomic mass is 10.1. The molecule has 0 radical (unpaired) electrons. The number of carbonyl (C=O) groups excluding carboxylic acids is 1. The van der Waals surface area contributed by atoms with Crippen LogP contribution >= 0.6 is 11.3 Å². The summed E-state index contributed by atoms with van der Waals surface area (Å²) in [4.78, 5) is 28.8. The van der Waals surface area contributed by atoms with Crippen molar-refractivity contribution in [3.8, 4) is 10.9 Å². The minimum Gasteiger partial charge on any atom is -0.485 e. The summed E-state index contributed by atoms with van der Waals surface area (Å²) in [5.41, 5.74) is 3.38. The van der Waals surface area contributed by atoms with Gasteiger partial charge in [-0.2, -0.15) is 0 Å². The van der Waals surface area contributed by atoms with E-state index in [0.29, 0.717) is 16.9 Å². The number of nitrogens with zero attached hydrogens (tertiary/aromatic N) is 2. The summed E-state index contributed by atoms with van der Waals surface area (Å²) in [6, 6.07) is 8.65. The van der Waals surface area contributed by atoms with Crippen LogP contribution in [0.4, 0.5) is 0 Å². The average Bonchev–Trinajstić information content (AvgIpc) is 3.32. The fourth-order valence-corrected chi connectivity index (χ4v) is 4.24. The SMILES string of the molecule is CCc1cc(=O)oc2cc(OCC(=O)c3cc(C)n(-c4nccs4)c3C)ccc12. The first-order chi connectivity index (χ1) is 14.0. The molecule has 6 nitrogen and oxygen atoms in total. The van der Waals surface area contributed by atoms with E-state index in [4.69, 9.17) is 9.15 Å². The van der Waals surface area contributed by atoms with Gasteiger partial charge in [0.1, 0.15) is 11.3 Å². The summed E-state index contributed by atoms with van der Waals surface area (Å²) in [6.07, 6.45) is 2.47. The van der Waals surface area contributed by atoms with Crippen LogP contribution in [-0.2, 0) is 6.42 Å². The third-order valence-electron chi connectivity index (χ3n) is 4.89. The van der Waals surface area contributed by atoms with Gasteiger partial charge in [-0.3, -0.25) is 9.36 Å². The number of Topliss-reactive ketones (excluding diaryl/α,β-unsaturated/α-hetero) is 1. The molecule has 4 rings (SSSR count). The van der Waals surface area contributed by atoms with E-state index in [-0.39, 0.29) is 12.4 Å². The molecule has 4 aromatic rings. The number of carbonyl (C=O) groups is 1. The highest BCUT2D eigenvalue weighted by atomic mass is 32.1. The van der Waals surface area contributed by atoms with Crippen LogP contribution in [-0.4, -0.2) is 21.9 Å². The summed E-state index contributed by atoms with van der Waals surface area (Å²) in [7, 11) is 0. The topological polar surface area (TPSA) is 74.3 Å². The number of ether oxygens (including phenoxy) is 1. The second-order valence-electron chi connectivity index (χ2n) is 6.75. The molecule has 0 fully saturated rings. The molecule has 0 amide bonds. The van der Waals surface area contributed by atoms with Crippen molar-refractivity contribution in [1.82, 2.24) is 9.55 Å². The molecule has 3 aromatic heterocycles. The predicted molar refractivity (Wildman–Crippen MR) is 113 cm³/mol. The fraction of sp³-hybridized carbons (Fsp3) is 0.227. The van der Waals surface area contributed by atoms with Gasteiger partial charge in [0.15, 0.2) is 11.7 Å². The van der Waals surface area contributed by atoms with E-state index in [1.54, 1.807) is 18.3 Å². The second kappa shape index (κ2) is 7.67. The third kappa shape index (κ3) is 3.61. The second-order valence-corrected chi connectivity index (χ2v) is 7.62. The molecule has 0 saturated heterocycles. The molecule has 0 aliphatic heterocycles. The molecule has 29 heavy (non-hydrogen) atoms. The van der Waals surface area contributed by atoms with Gasteiger partial charge >= 0.3 is 5.63 Å². The maximum absolute atomic E-state index is 12.8. The van der Waals surface area contributed by atoms with Gasteiger partial charge in [-0.25, -0.2) is 9.78 Å². The fourth-order valence-electron chi connectivity index (χ4n) is 3.48. The molecule has 0 unspecified atom stereocenters. The van der Waals surface area contributed by atoms with Crippen LogP contribution in [0.25, 0.3) is 16.1 Å². The van der Waals surface area contributed by atoms with Gasteiger partial charge in [0.25, 0.3) is 0 Å². The number of hydrogen-bond donors (Lipinski definition) is 0. The van der Waals surface area contributed by atoms with Gasteiger partial charge < -0.3 is 9.15 Å². The van der Waals surface area contributed by atoms with E-state index < -0.39 is 5.63 Å². The number of aryl methyl sites for hydroxylation is 2. The molecule has 3 heterocycles. The smallest absolute Gasteiger partial charge is 0.336 e. The third-order valence-corrected chi connectivity index (χ3v) is 5.65. The molecular formula is C22H20N2O4S. The van der Waals surface area contributed by atoms with Crippen LogP contribution < -0.4 is 10.4 Å². The maximum atomic E-state index is 12.8. The Kier molecular flexibility index (Phi) is 5.07. The molecule has 0 aliphatic rings. The Morgan fingerprint density at radius 3 is 2.79 bits per heavy atom. The van der Waals surface area contributed by atoms with Crippen molar-refractivity contribution in [2.45, 2.75) is 27.2 Å². The minimum atomic E-state index is -0.391. The normalized spacial score (nSPS) is 11.1. The maximum Gasteiger partial charge on any atom is 0.336 e.